The lowest BCUT2D eigenvalue weighted by molar-refractivity contribution is -0.394. The summed E-state index contributed by atoms with van der Waals surface area (Å²) in [5, 5.41) is 14.1. The molecule has 0 radical (unpaired) electrons. The van der Waals surface area contributed by atoms with Crippen LogP contribution in [0.5, 0.6) is 0 Å². The van der Waals surface area contributed by atoms with E-state index in [1.54, 1.807) is 18.3 Å². The lowest BCUT2D eigenvalue weighted by atomic mass is 10.2. The van der Waals surface area contributed by atoms with Gasteiger partial charge in [0.15, 0.2) is 0 Å². The standard InChI is InChI=1S/C8H9N7O2/c9-12-7-6(2-1-3-10-7)4-14-5-11-8(13-14)15(16)17/h1-3,5H,4,9H2,(H,10,12). The Morgan fingerprint density at radius 2 is 2.35 bits per heavy atom. The van der Waals surface area contributed by atoms with Crippen molar-refractivity contribution in [3.05, 3.63) is 40.3 Å². The predicted molar refractivity (Wildman–Crippen MR) is 57.8 cm³/mol. The van der Waals surface area contributed by atoms with E-state index in [1.807, 2.05) is 0 Å². The summed E-state index contributed by atoms with van der Waals surface area (Å²) in [6.45, 7) is 0.300. The summed E-state index contributed by atoms with van der Waals surface area (Å²) in [5.74, 6) is 5.35. The normalized spacial score (nSPS) is 10.2. The van der Waals surface area contributed by atoms with Gasteiger partial charge in [-0.15, -0.1) is 0 Å². The summed E-state index contributed by atoms with van der Waals surface area (Å²) in [7, 11) is 0. The van der Waals surface area contributed by atoms with Gasteiger partial charge in [0, 0.05) is 16.9 Å². The van der Waals surface area contributed by atoms with Gasteiger partial charge in [-0.05, 0) is 11.0 Å². The van der Waals surface area contributed by atoms with Gasteiger partial charge in [0.05, 0.1) is 6.54 Å². The van der Waals surface area contributed by atoms with E-state index in [9.17, 15) is 10.1 Å². The summed E-state index contributed by atoms with van der Waals surface area (Å²) < 4.78 is 1.34. The third kappa shape index (κ3) is 2.34. The van der Waals surface area contributed by atoms with Crippen molar-refractivity contribution < 1.29 is 4.92 Å². The van der Waals surface area contributed by atoms with Crippen molar-refractivity contribution in [2.75, 3.05) is 5.43 Å². The van der Waals surface area contributed by atoms with Crippen molar-refractivity contribution in [3.8, 4) is 0 Å². The second-order valence-electron chi connectivity index (χ2n) is 3.15. The van der Waals surface area contributed by atoms with E-state index in [-0.39, 0.29) is 0 Å². The number of nitro groups is 1. The van der Waals surface area contributed by atoms with E-state index in [1.165, 1.54) is 11.0 Å². The summed E-state index contributed by atoms with van der Waals surface area (Å²) in [5.41, 5.74) is 3.20. The fraction of sp³-hybridized carbons (Fsp3) is 0.125. The van der Waals surface area contributed by atoms with Crippen LogP contribution in [-0.2, 0) is 6.54 Å². The number of nitrogens with one attached hydrogen (secondary N) is 1. The van der Waals surface area contributed by atoms with Crippen LogP contribution in [0.3, 0.4) is 0 Å². The number of pyridine rings is 1. The van der Waals surface area contributed by atoms with Gasteiger partial charge in [-0.3, -0.25) is 0 Å². The summed E-state index contributed by atoms with van der Waals surface area (Å²) in [6.07, 6.45) is 2.87. The molecule has 0 bridgehead atoms. The Morgan fingerprint density at radius 1 is 1.53 bits per heavy atom. The number of rotatable bonds is 4. The zero-order chi connectivity index (χ0) is 12.3. The molecular formula is C8H9N7O2. The number of nitrogens with two attached hydrogens (primary N) is 1. The fourth-order valence-electron chi connectivity index (χ4n) is 1.32. The maximum Gasteiger partial charge on any atom is 0.490 e. The van der Waals surface area contributed by atoms with Crippen LogP contribution in [0.1, 0.15) is 5.56 Å². The molecule has 9 nitrogen and oxygen atoms in total. The highest BCUT2D eigenvalue weighted by Crippen LogP contribution is 2.11. The first-order valence-electron chi connectivity index (χ1n) is 4.65. The Hall–Kier alpha value is -2.55. The second kappa shape index (κ2) is 4.53. The molecule has 3 N–H and O–H groups in total. The minimum atomic E-state index is -0.651. The Morgan fingerprint density at radius 3 is 3.00 bits per heavy atom. The molecule has 9 heteroatoms. The number of aromatic nitrogens is 4. The van der Waals surface area contributed by atoms with Crippen LogP contribution < -0.4 is 11.3 Å². The van der Waals surface area contributed by atoms with Crippen molar-refractivity contribution in [2.45, 2.75) is 6.54 Å². The number of hydrogen-bond donors (Lipinski definition) is 2. The van der Waals surface area contributed by atoms with Gasteiger partial charge in [-0.2, -0.15) is 4.68 Å². The molecule has 17 heavy (non-hydrogen) atoms. The second-order valence-corrected chi connectivity index (χ2v) is 3.15. The number of hydrazine groups is 1. The van der Waals surface area contributed by atoms with Crippen LogP contribution in [0, 0.1) is 10.1 Å². The van der Waals surface area contributed by atoms with Crippen molar-refractivity contribution >= 4 is 11.8 Å². The van der Waals surface area contributed by atoms with Gasteiger partial charge in [0.2, 0.25) is 6.33 Å². The molecule has 2 aromatic heterocycles. The minimum absolute atomic E-state index is 0.300. The van der Waals surface area contributed by atoms with Crippen molar-refractivity contribution in [1.29, 1.82) is 0 Å². The summed E-state index contributed by atoms with van der Waals surface area (Å²) in [6, 6.07) is 3.53. The maximum atomic E-state index is 10.4. The third-order valence-electron chi connectivity index (χ3n) is 2.05. The molecule has 0 saturated carbocycles. The summed E-state index contributed by atoms with van der Waals surface area (Å²) >= 11 is 0. The first-order valence-corrected chi connectivity index (χ1v) is 4.65. The van der Waals surface area contributed by atoms with E-state index in [2.05, 4.69) is 20.5 Å². The minimum Gasteiger partial charge on any atom is -0.390 e. The van der Waals surface area contributed by atoms with Crippen LogP contribution >= 0.6 is 0 Å². The molecule has 2 aromatic rings. The molecule has 0 aliphatic carbocycles. The van der Waals surface area contributed by atoms with Crippen molar-refractivity contribution in [1.82, 2.24) is 19.7 Å². The first kappa shape index (κ1) is 11.0. The van der Waals surface area contributed by atoms with Crippen LogP contribution in [-0.4, -0.2) is 24.7 Å². The topological polar surface area (TPSA) is 125 Å². The highest BCUT2D eigenvalue weighted by Gasteiger charge is 2.14. The molecule has 0 saturated heterocycles. The van der Waals surface area contributed by atoms with Crippen molar-refractivity contribution in [3.63, 3.8) is 0 Å². The van der Waals surface area contributed by atoms with Crippen LogP contribution in [0.15, 0.2) is 24.7 Å². The lowest BCUT2D eigenvalue weighted by Gasteiger charge is -2.04. The summed E-state index contributed by atoms with van der Waals surface area (Å²) in [4.78, 5) is 17.3. The SMILES string of the molecule is NNc1ncccc1Cn1cnc([N+](=O)[O-])n1. The predicted octanol–water partition coefficient (Wildman–Crippen LogP) is -0.0848. The van der Waals surface area contributed by atoms with E-state index < -0.39 is 10.9 Å². The smallest absolute Gasteiger partial charge is 0.390 e. The number of nitrogens with zero attached hydrogens (tertiary/aromatic N) is 5. The monoisotopic (exact) mass is 235 g/mol. The number of anilines is 1. The Bertz CT molecular complexity index is 538. The third-order valence-corrected chi connectivity index (χ3v) is 2.05. The average molecular weight is 235 g/mol. The van der Waals surface area contributed by atoms with Crippen LogP contribution in [0.2, 0.25) is 0 Å². The zero-order valence-corrected chi connectivity index (χ0v) is 8.65. The Kier molecular flexibility index (Phi) is 2.92. The van der Waals surface area contributed by atoms with Gasteiger partial charge in [0.1, 0.15) is 5.82 Å². The molecule has 0 fully saturated rings. The molecule has 0 unspecified atom stereocenters. The van der Waals surface area contributed by atoms with Gasteiger partial charge >= 0.3 is 5.95 Å². The molecule has 0 aliphatic heterocycles. The molecule has 2 heterocycles. The van der Waals surface area contributed by atoms with Gasteiger partial charge in [0.25, 0.3) is 0 Å². The van der Waals surface area contributed by atoms with Crippen LogP contribution in [0.25, 0.3) is 0 Å². The number of nitrogen functional groups attached to an aromatic ring is 1. The fourth-order valence-corrected chi connectivity index (χ4v) is 1.32. The lowest BCUT2D eigenvalue weighted by Crippen LogP contribution is -2.12. The van der Waals surface area contributed by atoms with Crippen LogP contribution in [0.4, 0.5) is 11.8 Å². The van der Waals surface area contributed by atoms with Gasteiger partial charge in [-0.1, -0.05) is 11.1 Å². The molecular weight excluding hydrogens is 226 g/mol. The van der Waals surface area contributed by atoms with Gasteiger partial charge in [-0.25, -0.2) is 10.8 Å². The van der Waals surface area contributed by atoms with Crippen molar-refractivity contribution in [2.24, 2.45) is 5.84 Å². The highest BCUT2D eigenvalue weighted by molar-refractivity contribution is 5.42. The Labute approximate surface area is 95.4 Å². The molecule has 0 atom stereocenters. The Balaban J connectivity index is 2.22. The molecule has 0 amide bonds. The molecule has 0 aliphatic rings. The van der Waals surface area contributed by atoms with E-state index in [0.717, 1.165) is 5.56 Å². The maximum absolute atomic E-state index is 10.4. The largest absolute Gasteiger partial charge is 0.490 e. The first-order chi connectivity index (χ1) is 8.20. The quantitative estimate of drug-likeness (QED) is 0.431. The van der Waals surface area contributed by atoms with E-state index in [4.69, 9.17) is 5.84 Å². The zero-order valence-electron chi connectivity index (χ0n) is 8.65. The molecule has 2 rings (SSSR count). The average Bonchev–Trinajstić information content (AvgIpc) is 2.78. The van der Waals surface area contributed by atoms with Gasteiger partial charge < -0.3 is 15.5 Å². The van der Waals surface area contributed by atoms with E-state index >= 15 is 0 Å². The van der Waals surface area contributed by atoms with E-state index in [0.29, 0.717) is 12.4 Å². The molecule has 0 aromatic carbocycles. The molecule has 0 spiro atoms. The highest BCUT2D eigenvalue weighted by atomic mass is 16.6. The number of hydrogen-bond acceptors (Lipinski definition) is 7. The molecule has 88 valence electrons.